The van der Waals surface area contributed by atoms with Gasteiger partial charge in [-0.1, -0.05) is 17.3 Å². The molecular weight excluding hydrogens is 304 g/mol. The number of carbonyl (C=O) groups is 1. The Balaban J connectivity index is 1.94. The molecule has 1 saturated heterocycles. The minimum absolute atomic E-state index is 0.0866. The largest absolute Gasteiger partial charge is 0.294 e. The Kier molecular flexibility index (Phi) is 5.15. The van der Waals surface area contributed by atoms with E-state index in [4.69, 9.17) is 5.53 Å². The molecule has 3 rings (SSSR count). The summed E-state index contributed by atoms with van der Waals surface area (Å²) in [4.78, 5) is 26.4. The highest BCUT2D eigenvalue weighted by atomic mass is 16.1. The summed E-state index contributed by atoms with van der Waals surface area (Å²) in [6.07, 6.45) is 11.1. The minimum atomic E-state index is 0.0866. The average molecular weight is 322 g/mol. The number of hydrogen-bond donors (Lipinski definition) is 0. The van der Waals surface area contributed by atoms with Gasteiger partial charge in [0.05, 0.1) is 13.1 Å². The highest BCUT2D eigenvalue weighted by molar-refractivity contribution is 6.11. The molecule has 1 fully saturated rings. The first-order valence-corrected chi connectivity index (χ1v) is 7.84. The molecule has 0 aromatic rings. The molecule has 24 heavy (non-hydrogen) atoms. The molecule has 0 aliphatic carbocycles. The first-order valence-electron chi connectivity index (χ1n) is 7.84. The van der Waals surface area contributed by atoms with Crippen molar-refractivity contribution in [1.29, 1.82) is 0 Å². The molecule has 3 aliphatic rings. The van der Waals surface area contributed by atoms with Crippen molar-refractivity contribution < 1.29 is 4.79 Å². The number of aliphatic imine (C=N–C) groups is 2. The Labute approximate surface area is 140 Å². The second-order valence-corrected chi connectivity index (χ2v) is 5.70. The molecule has 0 N–H and O–H groups in total. The lowest BCUT2D eigenvalue weighted by molar-refractivity contribution is -0.113. The van der Waals surface area contributed by atoms with Crippen LogP contribution in [-0.2, 0) is 4.79 Å². The lowest BCUT2D eigenvalue weighted by Crippen LogP contribution is -2.40. The number of nitrogens with zero attached hydrogens (tertiary/aromatic N) is 6. The quantitative estimate of drug-likeness (QED) is 0.344. The van der Waals surface area contributed by atoms with Crippen molar-refractivity contribution in [3.63, 3.8) is 0 Å². The summed E-state index contributed by atoms with van der Waals surface area (Å²) >= 11 is 0. The number of dihydropyridines is 2. The van der Waals surface area contributed by atoms with Gasteiger partial charge in [0.1, 0.15) is 0 Å². The predicted molar refractivity (Wildman–Crippen MR) is 94.5 cm³/mol. The number of likely N-dealkylation sites (tertiary alicyclic amines) is 1. The summed E-state index contributed by atoms with van der Waals surface area (Å²) in [5.41, 5.74) is 11.9. The molecule has 0 radical (unpaired) electrons. The van der Waals surface area contributed by atoms with Crippen molar-refractivity contribution >= 4 is 18.2 Å². The molecule has 7 nitrogen and oxygen atoms in total. The Hall–Kier alpha value is -2.76. The SMILES string of the molecule is [N-]=[N+]=NCCN1CC(=C2C=CC=NC2)C(=O)C(=C2C=CC=NC2)C1. The van der Waals surface area contributed by atoms with Crippen molar-refractivity contribution in [2.75, 3.05) is 39.3 Å². The van der Waals surface area contributed by atoms with E-state index in [1.807, 2.05) is 24.3 Å². The zero-order valence-corrected chi connectivity index (χ0v) is 13.3. The fourth-order valence-electron chi connectivity index (χ4n) is 2.95. The Bertz CT molecular complexity index is 710. The van der Waals surface area contributed by atoms with Crippen LogP contribution in [0.25, 0.3) is 10.4 Å². The fraction of sp³-hybridized carbons (Fsp3) is 0.353. The van der Waals surface area contributed by atoms with Gasteiger partial charge in [-0.3, -0.25) is 19.7 Å². The smallest absolute Gasteiger partial charge is 0.188 e. The maximum Gasteiger partial charge on any atom is 0.188 e. The van der Waals surface area contributed by atoms with E-state index in [9.17, 15) is 4.79 Å². The van der Waals surface area contributed by atoms with Gasteiger partial charge in [-0.25, -0.2) is 0 Å². The van der Waals surface area contributed by atoms with Crippen LogP contribution in [0.15, 0.2) is 61.7 Å². The number of piperidine rings is 1. The number of carbonyl (C=O) groups excluding carboxylic acids is 1. The lowest BCUT2D eigenvalue weighted by atomic mass is 9.89. The number of rotatable bonds is 3. The second kappa shape index (κ2) is 7.68. The van der Waals surface area contributed by atoms with Crippen LogP contribution >= 0.6 is 0 Å². The van der Waals surface area contributed by atoms with E-state index in [1.54, 1.807) is 12.4 Å². The van der Waals surface area contributed by atoms with Crippen LogP contribution in [0.3, 0.4) is 0 Å². The van der Waals surface area contributed by atoms with Gasteiger partial charge in [0, 0.05) is 54.7 Å². The highest BCUT2D eigenvalue weighted by Crippen LogP contribution is 2.25. The topological polar surface area (TPSA) is 93.8 Å². The van der Waals surface area contributed by atoms with Crippen molar-refractivity contribution in [3.05, 3.63) is 57.0 Å². The summed E-state index contributed by atoms with van der Waals surface area (Å²) in [6.45, 7) is 3.16. The first-order chi connectivity index (χ1) is 11.8. The fourth-order valence-corrected chi connectivity index (χ4v) is 2.95. The summed E-state index contributed by atoms with van der Waals surface area (Å²) < 4.78 is 0. The molecule has 0 saturated carbocycles. The third-order valence-electron chi connectivity index (χ3n) is 4.17. The van der Waals surface area contributed by atoms with Crippen LogP contribution in [0.1, 0.15) is 0 Å². The first kappa shape index (κ1) is 16.1. The van der Waals surface area contributed by atoms with Gasteiger partial charge in [-0.2, -0.15) is 0 Å². The van der Waals surface area contributed by atoms with E-state index in [2.05, 4.69) is 24.9 Å². The number of azide groups is 1. The highest BCUT2D eigenvalue weighted by Gasteiger charge is 2.29. The number of Topliss-reactive ketones (excluding diaryl/α,β-unsaturated/α-hetero) is 1. The van der Waals surface area contributed by atoms with Gasteiger partial charge in [0.15, 0.2) is 5.78 Å². The molecule has 0 unspecified atom stereocenters. The third kappa shape index (κ3) is 3.59. The Morgan fingerprint density at radius 3 is 2.12 bits per heavy atom. The van der Waals surface area contributed by atoms with Gasteiger partial charge in [-0.15, -0.1) is 0 Å². The molecule has 3 heterocycles. The van der Waals surface area contributed by atoms with E-state index in [0.29, 0.717) is 39.3 Å². The van der Waals surface area contributed by atoms with E-state index in [-0.39, 0.29) is 5.78 Å². The van der Waals surface area contributed by atoms with E-state index >= 15 is 0 Å². The molecule has 0 atom stereocenters. The van der Waals surface area contributed by atoms with Crippen LogP contribution < -0.4 is 0 Å². The van der Waals surface area contributed by atoms with Crippen LogP contribution in [0.2, 0.25) is 0 Å². The van der Waals surface area contributed by atoms with E-state index < -0.39 is 0 Å². The van der Waals surface area contributed by atoms with Crippen molar-refractivity contribution in [2.45, 2.75) is 0 Å². The van der Waals surface area contributed by atoms with Crippen molar-refractivity contribution in [2.24, 2.45) is 15.1 Å². The zero-order valence-electron chi connectivity index (χ0n) is 13.3. The lowest BCUT2D eigenvalue weighted by Gasteiger charge is -2.31. The maximum atomic E-state index is 13.0. The summed E-state index contributed by atoms with van der Waals surface area (Å²) in [7, 11) is 0. The van der Waals surface area contributed by atoms with Crippen LogP contribution in [-0.4, -0.2) is 62.4 Å². The molecule has 0 aromatic carbocycles. The van der Waals surface area contributed by atoms with Crippen LogP contribution in [0.5, 0.6) is 0 Å². The van der Waals surface area contributed by atoms with Crippen LogP contribution in [0, 0.1) is 0 Å². The van der Waals surface area contributed by atoms with Crippen molar-refractivity contribution in [1.82, 2.24) is 4.90 Å². The van der Waals surface area contributed by atoms with Gasteiger partial charge in [-0.05, 0) is 28.8 Å². The molecule has 122 valence electrons. The summed E-state index contributed by atoms with van der Waals surface area (Å²) in [5, 5.41) is 3.61. The number of allylic oxidation sites excluding steroid dienone is 2. The maximum absolute atomic E-state index is 13.0. The molecule has 0 amide bonds. The molecule has 0 spiro atoms. The Morgan fingerprint density at radius 1 is 1.08 bits per heavy atom. The van der Waals surface area contributed by atoms with Gasteiger partial charge in [0.25, 0.3) is 0 Å². The van der Waals surface area contributed by atoms with E-state index in [1.165, 1.54) is 0 Å². The molecular formula is C17H18N6O. The van der Waals surface area contributed by atoms with Gasteiger partial charge < -0.3 is 0 Å². The normalized spacial score (nSPS) is 26.8. The van der Waals surface area contributed by atoms with Crippen molar-refractivity contribution in [3.8, 4) is 0 Å². The number of ketones is 1. The molecule has 0 bridgehead atoms. The standard InChI is InChI=1S/C17H18N6O/c18-22-21-7-8-23-11-15(13-3-1-5-19-9-13)17(24)16(12-23)14-4-2-6-20-10-14/h1-6H,7-12H2. The molecule has 7 heteroatoms. The predicted octanol–water partition coefficient (Wildman–Crippen LogP) is 2.06. The molecule has 3 aliphatic heterocycles. The van der Waals surface area contributed by atoms with E-state index in [0.717, 1.165) is 22.3 Å². The van der Waals surface area contributed by atoms with Gasteiger partial charge >= 0.3 is 0 Å². The molecule has 0 aromatic heterocycles. The van der Waals surface area contributed by atoms with Crippen LogP contribution in [0.4, 0.5) is 0 Å². The minimum Gasteiger partial charge on any atom is -0.294 e. The number of hydrogen-bond acceptors (Lipinski definition) is 5. The summed E-state index contributed by atoms with van der Waals surface area (Å²) in [5.74, 6) is 0.0866. The third-order valence-corrected chi connectivity index (χ3v) is 4.17. The average Bonchev–Trinajstić information content (AvgIpc) is 2.64. The summed E-state index contributed by atoms with van der Waals surface area (Å²) in [6, 6.07) is 0. The van der Waals surface area contributed by atoms with Gasteiger partial charge in [0.2, 0.25) is 0 Å². The monoisotopic (exact) mass is 322 g/mol. The zero-order chi connectivity index (χ0) is 16.8. The Morgan fingerprint density at radius 2 is 1.67 bits per heavy atom. The second-order valence-electron chi connectivity index (χ2n) is 5.70.